The van der Waals surface area contributed by atoms with Gasteiger partial charge in [-0.25, -0.2) is 0 Å². The quantitative estimate of drug-likeness (QED) is 0.0199. The first-order chi connectivity index (χ1) is 35.0. The van der Waals surface area contributed by atoms with Crippen LogP contribution in [-0.4, -0.2) is 37.2 Å². The number of hydrogen-bond donors (Lipinski definition) is 0. The van der Waals surface area contributed by atoms with E-state index in [4.69, 9.17) is 14.2 Å². The van der Waals surface area contributed by atoms with E-state index in [1.165, 1.54) is 51.4 Å². The maximum Gasteiger partial charge on any atom is 0.306 e. The topological polar surface area (TPSA) is 78.9 Å². The fourth-order valence-electron chi connectivity index (χ4n) is 7.48. The molecule has 0 heterocycles. The van der Waals surface area contributed by atoms with Gasteiger partial charge in [0, 0.05) is 19.3 Å². The van der Waals surface area contributed by atoms with Gasteiger partial charge in [0.25, 0.3) is 0 Å². The van der Waals surface area contributed by atoms with Gasteiger partial charge in [0.05, 0.1) is 0 Å². The first-order valence-electron chi connectivity index (χ1n) is 28.7. The highest BCUT2D eigenvalue weighted by molar-refractivity contribution is 5.71. The van der Waals surface area contributed by atoms with Gasteiger partial charge in [0.1, 0.15) is 13.2 Å². The summed E-state index contributed by atoms with van der Waals surface area (Å²) >= 11 is 0. The summed E-state index contributed by atoms with van der Waals surface area (Å²) in [6.45, 7) is 6.25. The molecule has 0 saturated heterocycles. The standard InChI is InChI=1S/C65H104O6/c1-4-7-10-13-16-19-22-25-28-30-32-34-37-40-43-46-49-52-55-58-64(67)70-61-62(60-69-63(66)57-54-51-48-45-42-39-36-27-24-21-18-15-12-9-6-3)71-65(68)59-56-53-50-47-44-41-38-35-33-31-29-26-23-20-17-14-11-8-5-2/h7-12,15-21,24-26,28-29,32-35,62H,4-6,13-14,22-23,27,30-31,36-61H2,1-3H3/b10-7-,11-8-,12-9-,18-15-,19-16-,20-17-,24-21-,28-25-,29-26-,34-32-,35-33-. The van der Waals surface area contributed by atoms with E-state index >= 15 is 0 Å². The predicted octanol–water partition coefficient (Wildman–Crippen LogP) is 19.4. The summed E-state index contributed by atoms with van der Waals surface area (Å²) in [5.41, 5.74) is 0. The van der Waals surface area contributed by atoms with Crippen molar-refractivity contribution in [3.63, 3.8) is 0 Å². The van der Waals surface area contributed by atoms with Crippen LogP contribution in [-0.2, 0) is 28.6 Å². The average Bonchev–Trinajstić information content (AvgIpc) is 3.37. The van der Waals surface area contributed by atoms with Crippen molar-refractivity contribution in [3.05, 3.63) is 134 Å². The highest BCUT2D eigenvalue weighted by atomic mass is 16.6. The minimum absolute atomic E-state index is 0.0995. The molecule has 0 radical (unpaired) electrons. The zero-order valence-corrected chi connectivity index (χ0v) is 45.7. The van der Waals surface area contributed by atoms with Crippen LogP contribution >= 0.6 is 0 Å². The predicted molar refractivity (Wildman–Crippen MR) is 306 cm³/mol. The third-order valence-corrected chi connectivity index (χ3v) is 11.7. The van der Waals surface area contributed by atoms with E-state index in [1.54, 1.807) is 0 Å². The Hall–Kier alpha value is -4.45. The van der Waals surface area contributed by atoms with Crippen LogP contribution in [0.4, 0.5) is 0 Å². The molecule has 0 amide bonds. The van der Waals surface area contributed by atoms with Crippen molar-refractivity contribution < 1.29 is 28.6 Å². The lowest BCUT2D eigenvalue weighted by Gasteiger charge is -2.18. The van der Waals surface area contributed by atoms with Crippen LogP contribution in [0.3, 0.4) is 0 Å². The van der Waals surface area contributed by atoms with Crippen molar-refractivity contribution in [1.29, 1.82) is 0 Å². The Morgan fingerprint density at radius 3 is 0.944 bits per heavy atom. The molecule has 0 aromatic heterocycles. The van der Waals surface area contributed by atoms with E-state index in [0.29, 0.717) is 19.3 Å². The van der Waals surface area contributed by atoms with Crippen LogP contribution in [0, 0.1) is 0 Å². The van der Waals surface area contributed by atoms with Crippen molar-refractivity contribution in [3.8, 4) is 0 Å². The number of carbonyl (C=O) groups excluding carboxylic acids is 3. The molecule has 0 aliphatic heterocycles. The molecule has 0 aliphatic rings. The van der Waals surface area contributed by atoms with Crippen LogP contribution in [0.5, 0.6) is 0 Å². The van der Waals surface area contributed by atoms with Crippen LogP contribution in [0.15, 0.2) is 134 Å². The summed E-state index contributed by atoms with van der Waals surface area (Å²) in [4.78, 5) is 38.2. The maximum atomic E-state index is 12.9. The average molecular weight is 982 g/mol. The molecule has 0 rings (SSSR count). The molecule has 0 fully saturated rings. The molecular formula is C65H104O6. The van der Waals surface area contributed by atoms with Crippen molar-refractivity contribution >= 4 is 17.9 Å². The lowest BCUT2D eigenvalue weighted by molar-refractivity contribution is -0.167. The van der Waals surface area contributed by atoms with Gasteiger partial charge in [0.15, 0.2) is 6.10 Å². The second kappa shape index (κ2) is 58.1. The van der Waals surface area contributed by atoms with E-state index in [-0.39, 0.29) is 31.1 Å². The van der Waals surface area contributed by atoms with Crippen LogP contribution in [0.1, 0.15) is 239 Å². The minimum atomic E-state index is -0.803. The third-order valence-electron chi connectivity index (χ3n) is 11.7. The number of carbonyl (C=O) groups is 3. The fraction of sp³-hybridized carbons (Fsp3) is 0.615. The highest BCUT2D eigenvalue weighted by Gasteiger charge is 2.19. The zero-order valence-electron chi connectivity index (χ0n) is 45.7. The maximum absolute atomic E-state index is 12.9. The van der Waals surface area contributed by atoms with Crippen molar-refractivity contribution in [1.82, 2.24) is 0 Å². The lowest BCUT2D eigenvalue weighted by atomic mass is 10.1. The summed E-state index contributed by atoms with van der Waals surface area (Å²) in [6.07, 6.45) is 81.5. The summed E-state index contributed by atoms with van der Waals surface area (Å²) in [5.74, 6) is -0.942. The Morgan fingerprint density at radius 2 is 0.577 bits per heavy atom. The molecule has 0 N–H and O–H groups in total. The largest absolute Gasteiger partial charge is 0.462 e. The van der Waals surface area contributed by atoms with E-state index in [0.717, 1.165) is 148 Å². The Kier molecular flexibility index (Phi) is 54.5. The molecule has 71 heavy (non-hydrogen) atoms. The van der Waals surface area contributed by atoms with E-state index in [1.807, 2.05) is 0 Å². The zero-order chi connectivity index (χ0) is 51.4. The Morgan fingerprint density at radius 1 is 0.296 bits per heavy atom. The van der Waals surface area contributed by atoms with Gasteiger partial charge in [0.2, 0.25) is 0 Å². The second-order valence-electron chi connectivity index (χ2n) is 18.5. The lowest BCUT2D eigenvalue weighted by Crippen LogP contribution is -2.30. The van der Waals surface area contributed by atoms with Gasteiger partial charge < -0.3 is 14.2 Å². The molecule has 0 aromatic rings. The van der Waals surface area contributed by atoms with Gasteiger partial charge in [-0.1, -0.05) is 238 Å². The monoisotopic (exact) mass is 981 g/mol. The van der Waals surface area contributed by atoms with Gasteiger partial charge in [-0.3, -0.25) is 14.4 Å². The molecule has 0 aromatic carbocycles. The van der Waals surface area contributed by atoms with Gasteiger partial charge in [-0.05, 0) is 116 Å². The van der Waals surface area contributed by atoms with Crippen LogP contribution in [0.25, 0.3) is 0 Å². The first-order valence-corrected chi connectivity index (χ1v) is 28.7. The summed E-state index contributed by atoms with van der Waals surface area (Å²) in [5, 5.41) is 0. The van der Waals surface area contributed by atoms with Crippen molar-refractivity contribution in [2.75, 3.05) is 13.2 Å². The highest BCUT2D eigenvalue weighted by Crippen LogP contribution is 2.14. The summed E-state index contributed by atoms with van der Waals surface area (Å²) < 4.78 is 16.9. The second-order valence-corrected chi connectivity index (χ2v) is 18.5. The fourth-order valence-corrected chi connectivity index (χ4v) is 7.48. The van der Waals surface area contributed by atoms with E-state index in [9.17, 15) is 14.4 Å². The molecule has 6 nitrogen and oxygen atoms in total. The molecule has 400 valence electrons. The van der Waals surface area contributed by atoms with Crippen molar-refractivity contribution in [2.45, 2.75) is 245 Å². The molecule has 0 bridgehead atoms. The number of unbranched alkanes of at least 4 members (excludes halogenated alkanes) is 19. The summed E-state index contributed by atoms with van der Waals surface area (Å²) in [6, 6.07) is 0. The van der Waals surface area contributed by atoms with Crippen LogP contribution in [0.2, 0.25) is 0 Å². The smallest absolute Gasteiger partial charge is 0.306 e. The molecule has 0 saturated carbocycles. The van der Waals surface area contributed by atoms with Crippen molar-refractivity contribution in [2.24, 2.45) is 0 Å². The normalized spacial score (nSPS) is 13.1. The Balaban J connectivity index is 4.48. The number of rotatable bonds is 50. The molecule has 1 atom stereocenters. The van der Waals surface area contributed by atoms with E-state index in [2.05, 4.69) is 154 Å². The first kappa shape index (κ1) is 66.6. The number of esters is 3. The number of hydrogen-bond acceptors (Lipinski definition) is 6. The Labute approximate surface area is 436 Å². The van der Waals surface area contributed by atoms with Gasteiger partial charge in [-0.2, -0.15) is 0 Å². The molecule has 0 aliphatic carbocycles. The molecule has 1 unspecified atom stereocenters. The van der Waals surface area contributed by atoms with Gasteiger partial charge >= 0.3 is 17.9 Å². The Bertz CT molecular complexity index is 1550. The van der Waals surface area contributed by atoms with Gasteiger partial charge in [-0.15, -0.1) is 0 Å². The number of ether oxygens (including phenoxy) is 3. The molecular weight excluding hydrogens is 877 g/mol. The SMILES string of the molecule is CC\C=C/C=C\C=C/CCCCCCCCCC(=O)OCC(COC(=O)CCCCCCCC/C=C\C/C=C\C/C=C\C/C=C\CC)OC(=O)CCCCCCCC/C=C\C/C=C\C/C=C\C/C=C\CC. The van der Waals surface area contributed by atoms with E-state index < -0.39 is 6.10 Å². The summed E-state index contributed by atoms with van der Waals surface area (Å²) in [7, 11) is 0. The minimum Gasteiger partial charge on any atom is -0.462 e. The molecule has 0 spiro atoms. The molecule has 6 heteroatoms. The van der Waals surface area contributed by atoms with Crippen LogP contribution < -0.4 is 0 Å². The number of allylic oxidation sites excluding steroid dienone is 22. The third kappa shape index (κ3) is 56.3.